The minimum Gasteiger partial charge on any atom is -0.0651 e. The Morgan fingerprint density at radius 3 is 0.906 bits per heavy atom. The van der Waals surface area contributed by atoms with Gasteiger partial charge in [-0.1, -0.05) is 150 Å². The second-order valence-electron chi connectivity index (χ2n) is 39.2. The number of hydrogen-bond acceptors (Lipinski definition) is 0. The van der Waals surface area contributed by atoms with E-state index in [1.54, 1.807) is 89.9 Å². The van der Waals surface area contributed by atoms with Crippen molar-refractivity contribution in [3.05, 3.63) is 0 Å². The van der Waals surface area contributed by atoms with E-state index in [0.29, 0.717) is 10.8 Å². The van der Waals surface area contributed by atoms with Crippen LogP contribution in [0.3, 0.4) is 0 Å². The molecule has 85 heavy (non-hydrogen) atoms. The Morgan fingerprint density at radius 2 is 0.659 bits per heavy atom. The van der Waals surface area contributed by atoms with Gasteiger partial charge in [-0.15, -0.1) is 0 Å². The predicted molar refractivity (Wildman–Crippen MR) is 371 cm³/mol. The fourth-order valence-electron chi connectivity index (χ4n) is 26.2. The van der Waals surface area contributed by atoms with Crippen LogP contribution in [-0.2, 0) is 0 Å². The van der Waals surface area contributed by atoms with Crippen LogP contribution in [0.25, 0.3) is 0 Å². The lowest BCUT2D eigenvalue weighted by molar-refractivity contribution is -0.0319. The highest BCUT2D eigenvalue weighted by molar-refractivity contribution is 5.01. The van der Waals surface area contributed by atoms with E-state index in [-0.39, 0.29) is 0 Å². The molecule has 0 radical (unpaired) electrons. The lowest BCUT2D eigenvalue weighted by Gasteiger charge is -2.53. The maximum atomic E-state index is 2.49. The number of fused-ring (bicyclic) bond motifs is 22. The van der Waals surface area contributed by atoms with E-state index in [4.69, 9.17) is 0 Å². The zero-order valence-corrected chi connectivity index (χ0v) is 60.8. The molecular formula is C85H152. The minimum absolute atomic E-state index is 0.654. The van der Waals surface area contributed by atoms with Crippen molar-refractivity contribution in [1.82, 2.24) is 0 Å². The Kier molecular flexibility index (Phi) is 22.9. The molecule has 0 nitrogen and oxygen atoms in total. The van der Waals surface area contributed by atoms with Crippen molar-refractivity contribution in [2.24, 2.45) is 181 Å². The SMILES string of the molecule is CC1C2CCC(C2)[C@H]1C.CC1C2CCC(CC2)[C@H]1C.CCC1CC2CCC1C2.C[C@@H]1C2CCC(C2)C1(C)C.C[C@@H]1C2CCC(CC2)C1(C)C.C[C@H]1CC2CCC1(C)C2.C[C@H]1CC2CCC1(C)CC2.C[C@H]1CC2CCC1C2.C[C@H]1CC2CCC1CC2. The van der Waals surface area contributed by atoms with E-state index in [9.17, 15) is 0 Å². The fraction of sp³-hybridized carbons (Fsp3) is 1.00. The van der Waals surface area contributed by atoms with Crippen LogP contribution in [0.1, 0.15) is 355 Å². The molecule has 18 bridgehead atoms. The van der Waals surface area contributed by atoms with Gasteiger partial charge in [-0.25, -0.2) is 0 Å². The van der Waals surface area contributed by atoms with E-state index in [0.717, 1.165) is 171 Å². The van der Waals surface area contributed by atoms with Crippen LogP contribution in [0.4, 0.5) is 0 Å². The van der Waals surface area contributed by atoms with E-state index >= 15 is 0 Å². The van der Waals surface area contributed by atoms with E-state index < -0.39 is 0 Å². The van der Waals surface area contributed by atoms with Gasteiger partial charge in [0, 0.05) is 0 Å². The molecule has 0 amide bonds. The molecule has 22 rings (SSSR count). The number of hydrogen-bond donors (Lipinski definition) is 0. The second kappa shape index (κ2) is 28.7. The summed E-state index contributed by atoms with van der Waals surface area (Å²) in [6.45, 7) is 41.7. The summed E-state index contributed by atoms with van der Waals surface area (Å²) in [4.78, 5) is 0. The molecule has 0 aromatic rings. The molecule has 0 aromatic carbocycles. The van der Waals surface area contributed by atoms with Crippen molar-refractivity contribution in [1.29, 1.82) is 0 Å². The smallest absolute Gasteiger partial charge is 0.0297 e. The maximum Gasteiger partial charge on any atom is -0.0297 e. The Labute approximate surface area is 533 Å². The molecule has 22 saturated carbocycles. The van der Waals surface area contributed by atoms with Gasteiger partial charge in [-0.3, -0.25) is 0 Å². The van der Waals surface area contributed by atoms with Gasteiger partial charge in [0.05, 0.1) is 0 Å². The zero-order chi connectivity index (χ0) is 60.8. The molecule has 0 aliphatic heterocycles. The van der Waals surface area contributed by atoms with Gasteiger partial charge in [0.25, 0.3) is 0 Å². The summed E-state index contributed by atoms with van der Waals surface area (Å²) in [5.41, 5.74) is 2.84. The average Bonchev–Trinajstić information content (AvgIpc) is 2.82. The first-order valence-corrected chi connectivity index (χ1v) is 40.3. The summed E-state index contributed by atoms with van der Waals surface area (Å²) in [5.74, 6) is 29.2. The van der Waals surface area contributed by atoms with Gasteiger partial charge in [0.15, 0.2) is 0 Å². The fourth-order valence-corrected chi connectivity index (χ4v) is 26.2. The molecule has 0 N–H and O–H groups in total. The molecule has 0 heteroatoms. The van der Waals surface area contributed by atoms with Gasteiger partial charge in [-0.2, -0.15) is 0 Å². The lowest BCUT2D eigenvalue weighted by Crippen LogP contribution is -2.44. The molecule has 22 fully saturated rings. The Morgan fingerprint density at radius 1 is 0.271 bits per heavy atom. The average molecular weight is 1170 g/mol. The van der Waals surface area contributed by atoms with Gasteiger partial charge in [-0.05, 0) is 387 Å². The van der Waals surface area contributed by atoms with Crippen LogP contribution in [0.2, 0.25) is 0 Å². The first kappa shape index (κ1) is 67.9. The molecule has 492 valence electrons. The van der Waals surface area contributed by atoms with Crippen LogP contribution < -0.4 is 0 Å². The van der Waals surface area contributed by atoms with Crippen molar-refractivity contribution in [2.45, 2.75) is 355 Å². The predicted octanol–water partition coefficient (Wildman–Crippen LogP) is 26.5. The van der Waals surface area contributed by atoms with Gasteiger partial charge in [0.1, 0.15) is 0 Å². The molecule has 0 heterocycles. The number of rotatable bonds is 1. The van der Waals surface area contributed by atoms with Crippen LogP contribution in [0.15, 0.2) is 0 Å². The zero-order valence-electron chi connectivity index (χ0n) is 60.8. The first-order chi connectivity index (χ1) is 40.3. The largest absolute Gasteiger partial charge is 0.0651 e. The van der Waals surface area contributed by atoms with Crippen molar-refractivity contribution in [3.63, 3.8) is 0 Å². The molecule has 13 unspecified atom stereocenters. The monoisotopic (exact) mass is 1170 g/mol. The summed E-state index contributed by atoms with van der Waals surface area (Å²) in [6.07, 6.45) is 56.8. The lowest BCUT2D eigenvalue weighted by atomic mass is 9.52. The third-order valence-electron chi connectivity index (χ3n) is 34.9. The Hall–Kier alpha value is 0. The first-order valence-electron chi connectivity index (χ1n) is 40.3. The summed E-state index contributed by atoms with van der Waals surface area (Å²) in [7, 11) is 0. The Balaban J connectivity index is 0.000000106. The summed E-state index contributed by atoms with van der Waals surface area (Å²) in [6, 6.07) is 0. The summed E-state index contributed by atoms with van der Waals surface area (Å²) < 4.78 is 0. The maximum absolute atomic E-state index is 2.49. The molecule has 0 saturated heterocycles. The molecule has 21 atom stereocenters. The standard InChI is InChI=1S/C11H20.3C10H18.4C9H16.C8H14/c1-8-9-4-6-10(7-5-9)11(8,2)3;1-7-8-4-5-9(6-8)10(7,2)3;1-8-7-9-3-5-10(8,2)6-4-9;1-7-8(2)10-5-3-9(7)4-6-10;1-7-5-8-3-4-9(7,2)6-8;1-6-7(2)9-4-3-8(6)5-9;1-7-6-8-2-4-9(7)5-3-8;1-2-8-5-7-3-4-9(8)6-7;1-6-4-7-2-3-8(6)5-7/h8-10H,4-7H2,1-3H3;7-9H,4-6H2,1-3H3;8-9H,3-7H2,1-2H3;7-10H,3-6H2,1-2H3;7-8H,3-6H2,1-2H3;6-9H,3-5H2,1-2H3;2*7-9H,2-6H2,1H3;6-8H,2-5H2,1H3/t8-,9?,10?;7-,8?,9?;8-,9?,10?;7-,8?,9?,10?;7-,8?,9?;6-,7?,8?,9?;7-,8?,9?;;6-,7?,8?/m1100000.0/s1. The van der Waals surface area contributed by atoms with Crippen molar-refractivity contribution >= 4 is 0 Å². The Bertz CT molecular complexity index is 1930. The summed E-state index contributed by atoms with van der Waals surface area (Å²) in [5, 5.41) is 0. The van der Waals surface area contributed by atoms with E-state index in [1.165, 1.54) is 148 Å². The molecule has 0 aromatic heterocycles. The second-order valence-corrected chi connectivity index (χ2v) is 39.2. The highest BCUT2D eigenvalue weighted by atomic mass is 14.6. The van der Waals surface area contributed by atoms with Crippen LogP contribution in [0, 0.1) is 181 Å². The van der Waals surface area contributed by atoms with Crippen LogP contribution in [0.5, 0.6) is 0 Å². The molecule has 0 spiro atoms. The molecular weight excluding hydrogens is 1020 g/mol. The highest BCUT2D eigenvalue weighted by Gasteiger charge is 2.51. The third kappa shape index (κ3) is 15.5. The van der Waals surface area contributed by atoms with Crippen molar-refractivity contribution in [3.8, 4) is 0 Å². The van der Waals surface area contributed by atoms with E-state index in [1.807, 2.05) is 0 Å². The van der Waals surface area contributed by atoms with Crippen LogP contribution in [-0.4, -0.2) is 0 Å². The topological polar surface area (TPSA) is 0 Å². The van der Waals surface area contributed by atoms with Gasteiger partial charge >= 0.3 is 0 Å². The molecule has 22 aliphatic carbocycles. The van der Waals surface area contributed by atoms with Crippen molar-refractivity contribution in [2.75, 3.05) is 0 Å². The van der Waals surface area contributed by atoms with Gasteiger partial charge in [0.2, 0.25) is 0 Å². The van der Waals surface area contributed by atoms with Crippen molar-refractivity contribution < 1.29 is 0 Å². The van der Waals surface area contributed by atoms with E-state index in [2.05, 4.69) is 118 Å². The van der Waals surface area contributed by atoms with Crippen LogP contribution >= 0.6 is 0 Å². The van der Waals surface area contributed by atoms with Gasteiger partial charge < -0.3 is 0 Å². The normalized spacial score (nSPS) is 52.0. The molecule has 22 aliphatic rings. The summed E-state index contributed by atoms with van der Waals surface area (Å²) >= 11 is 0. The third-order valence-corrected chi connectivity index (χ3v) is 34.9. The minimum atomic E-state index is 0.654. The highest BCUT2D eigenvalue weighted by Crippen LogP contribution is 2.61. The quantitative estimate of drug-likeness (QED) is 0.245.